The maximum absolute atomic E-state index is 12.5. The average Bonchev–Trinajstić information content (AvgIpc) is 3.03. The van der Waals surface area contributed by atoms with E-state index in [0.29, 0.717) is 23.5 Å². The first-order valence-electron chi connectivity index (χ1n) is 11.3. The molecule has 6 heteroatoms. The minimum Gasteiger partial charge on any atom is -0.493 e. The number of aliphatic hydroxyl groups is 1. The van der Waals surface area contributed by atoms with Crippen LogP contribution in [0, 0.1) is 0 Å². The Labute approximate surface area is 179 Å². The summed E-state index contributed by atoms with van der Waals surface area (Å²) in [5.41, 5.74) is -0.559. The smallest absolute Gasteiger partial charge is 0.343 e. The van der Waals surface area contributed by atoms with E-state index in [9.17, 15) is 14.7 Å². The standard InChI is InChI=1S/C24H36O6/c1-3-4-5-6-7-8-9-10-11-12-16-28-21-15-13-14-20-22(21)23(27)30-24(20,17-25)18-29-19(2)26/h13-15,25H,3-12,16-18H2,1-2H3/t24-/m1/s1. The minimum atomic E-state index is -1.37. The average molecular weight is 421 g/mol. The molecule has 0 aliphatic carbocycles. The molecule has 1 aromatic carbocycles. The quantitative estimate of drug-likeness (QED) is 0.321. The predicted octanol–water partition coefficient (Wildman–Crippen LogP) is 4.91. The molecule has 0 amide bonds. The molecule has 30 heavy (non-hydrogen) atoms. The first-order chi connectivity index (χ1) is 14.5. The third-order valence-electron chi connectivity index (χ3n) is 5.53. The van der Waals surface area contributed by atoms with Crippen molar-refractivity contribution in [3.05, 3.63) is 29.3 Å². The van der Waals surface area contributed by atoms with E-state index in [1.54, 1.807) is 18.2 Å². The highest BCUT2D eigenvalue weighted by molar-refractivity contribution is 5.97. The van der Waals surface area contributed by atoms with Crippen molar-refractivity contribution < 1.29 is 28.9 Å². The van der Waals surface area contributed by atoms with Gasteiger partial charge in [0.2, 0.25) is 0 Å². The van der Waals surface area contributed by atoms with E-state index < -0.39 is 24.1 Å². The zero-order chi connectivity index (χ0) is 21.8. The fraction of sp³-hybridized carbons (Fsp3) is 0.667. The van der Waals surface area contributed by atoms with Crippen LogP contribution in [-0.2, 0) is 19.9 Å². The number of hydrogen-bond acceptors (Lipinski definition) is 6. The van der Waals surface area contributed by atoms with Crippen molar-refractivity contribution in [2.75, 3.05) is 19.8 Å². The fourth-order valence-electron chi connectivity index (χ4n) is 3.79. The summed E-state index contributed by atoms with van der Waals surface area (Å²) in [6.07, 6.45) is 12.4. The van der Waals surface area contributed by atoms with Gasteiger partial charge in [0.15, 0.2) is 5.60 Å². The number of carbonyl (C=O) groups excluding carboxylic acids is 2. The maximum Gasteiger partial charge on any atom is 0.343 e. The maximum atomic E-state index is 12.5. The molecule has 1 N–H and O–H groups in total. The predicted molar refractivity (Wildman–Crippen MR) is 115 cm³/mol. The molecule has 0 saturated carbocycles. The number of benzene rings is 1. The molecule has 0 saturated heterocycles. The largest absolute Gasteiger partial charge is 0.493 e. The normalized spacial score (nSPS) is 17.5. The van der Waals surface area contributed by atoms with Crippen molar-refractivity contribution in [3.63, 3.8) is 0 Å². The van der Waals surface area contributed by atoms with Gasteiger partial charge >= 0.3 is 11.9 Å². The van der Waals surface area contributed by atoms with Crippen LogP contribution in [0.4, 0.5) is 0 Å². The lowest BCUT2D eigenvalue weighted by Crippen LogP contribution is -2.36. The topological polar surface area (TPSA) is 82.1 Å². The van der Waals surface area contributed by atoms with Crippen molar-refractivity contribution in [1.82, 2.24) is 0 Å². The number of unbranched alkanes of at least 4 members (excludes halogenated alkanes) is 9. The number of hydrogen-bond donors (Lipinski definition) is 1. The SMILES string of the molecule is CCCCCCCCCCCCOc1cccc2c1C(=O)O[C@]2(CO)COC(C)=O. The van der Waals surface area contributed by atoms with Crippen LogP contribution in [0.5, 0.6) is 5.75 Å². The number of ether oxygens (including phenoxy) is 3. The Balaban J connectivity index is 1.79. The van der Waals surface area contributed by atoms with E-state index in [4.69, 9.17) is 14.2 Å². The van der Waals surface area contributed by atoms with Crippen LogP contribution < -0.4 is 4.74 Å². The van der Waals surface area contributed by atoms with Gasteiger partial charge in [0, 0.05) is 12.5 Å². The Morgan fingerprint density at radius 2 is 1.67 bits per heavy atom. The molecule has 0 bridgehead atoms. The molecule has 6 nitrogen and oxygen atoms in total. The summed E-state index contributed by atoms with van der Waals surface area (Å²) >= 11 is 0. The van der Waals surface area contributed by atoms with Gasteiger partial charge in [0.05, 0.1) is 13.2 Å². The van der Waals surface area contributed by atoms with Crippen molar-refractivity contribution in [2.45, 2.75) is 83.7 Å². The first kappa shape index (κ1) is 24.2. The second-order valence-corrected chi connectivity index (χ2v) is 8.03. The summed E-state index contributed by atoms with van der Waals surface area (Å²) in [7, 11) is 0. The summed E-state index contributed by atoms with van der Waals surface area (Å²) in [5.74, 6) is -0.614. The lowest BCUT2D eigenvalue weighted by atomic mass is 9.93. The van der Waals surface area contributed by atoms with Crippen LogP contribution in [0.15, 0.2) is 18.2 Å². The van der Waals surface area contributed by atoms with Gasteiger partial charge in [-0.15, -0.1) is 0 Å². The van der Waals surface area contributed by atoms with Gasteiger partial charge in [-0.25, -0.2) is 4.79 Å². The van der Waals surface area contributed by atoms with Gasteiger partial charge < -0.3 is 19.3 Å². The lowest BCUT2D eigenvalue weighted by molar-refractivity contribution is -0.151. The molecule has 1 aliphatic heterocycles. The third kappa shape index (κ3) is 6.73. The summed E-state index contributed by atoms with van der Waals surface area (Å²) < 4.78 is 16.3. The van der Waals surface area contributed by atoms with Crippen LogP contribution in [-0.4, -0.2) is 36.9 Å². The summed E-state index contributed by atoms with van der Waals surface area (Å²) in [6, 6.07) is 5.19. The second-order valence-electron chi connectivity index (χ2n) is 8.03. The van der Waals surface area contributed by atoms with Crippen LogP contribution in [0.25, 0.3) is 0 Å². The number of cyclic esters (lactones) is 1. The lowest BCUT2D eigenvalue weighted by Gasteiger charge is -2.25. The van der Waals surface area contributed by atoms with Crippen molar-refractivity contribution in [1.29, 1.82) is 0 Å². The van der Waals surface area contributed by atoms with Gasteiger partial charge in [-0.3, -0.25) is 4.79 Å². The van der Waals surface area contributed by atoms with Crippen LogP contribution in [0.2, 0.25) is 0 Å². The van der Waals surface area contributed by atoms with Gasteiger partial charge in [-0.1, -0.05) is 76.8 Å². The summed E-state index contributed by atoms with van der Waals surface area (Å²) in [4.78, 5) is 23.6. The number of fused-ring (bicyclic) bond motifs is 1. The van der Waals surface area contributed by atoms with E-state index in [1.165, 1.54) is 58.3 Å². The molecule has 0 radical (unpaired) electrons. The molecule has 2 rings (SSSR count). The Hall–Kier alpha value is -2.08. The molecule has 0 unspecified atom stereocenters. The van der Waals surface area contributed by atoms with Crippen LogP contribution in [0.1, 0.15) is 94.0 Å². The monoisotopic (exact) mass is 420 g/mol. The zero-order valence-electron chi connectivity index (χ0n) is 18.4. The Morgan fingerprint density at radius 1 is 1.03 bits per heavy atom. The van der Waals surface area contributed by atoms with Crippen LogP contribution in [0.3, 0.4) is 0 Å². The molecule has 0 fully saturated rings. The molecule has 168 valence electrons. The molecule has 0 spiro atoms. The zero-order valence-corrected chi connectivity index (χ0v) is 18.4. The Kier molecular flexibility index (Phi) is 10.1. The van der Waals surface area contributed by atoms with Gasteiger partial charge in [-0.05, 0) is 12.5 Å². The molecular formula is C24H36O6. The number of carbonyl (C=O) groups is 2. The number of rotatable bonds is 15. The highest BCUT2D eigenvalue weighted by Gasteiger charge is 2.48. The fourth-order valence-corrected chi connectivity index (χ4v) is 3.79. The van der Waals surface area contributed by atoms with E-state index in [1.807, 2.05) is 0 Å². The molecular weight excluding hydrogens is 384 g/mol. The Morgan fingerprint density at radius 3 is 2.27 bits per heavy atom. The molecule has 1 heterocycles. The highest BCUT2D eigenvalue weighted by atomic mass is 16.6. The molecule has 1 atom stereocenters. The van der Waals surface area contributed by atoms with Crippen LogP contribution >= 0.6 is 0 Å². The van der Waals surface area contributed by atoms with E-state index in [0.717, 1.165) is 12.8 Å². The summed E-state index contributed by atoms with van der Waals surface area (Å²) in [6.45, 7) is 3.34. The van der Waals surface area contributed by atoms with Gasteiger partial charge in [-0.2, -0.15) is 0 Å². The first-order valence-corrected chi connectivity index (χ1v) is 11.3. The summed E-state index contributed by atoms with van der Waals surface area (Å²) in [5, 5.41) is 9.85. The minimum absolute atomic E-state index is 0.223. The molecule has 1 aliphatic rings. The van der Waals surface area contributed by atoms with Crippen molar-refractivity contribution in [2.24, 2.45) is 0 Å². The number of aliphatic hydroxyl groups excluding tert-OH is 1. The van der Waals surface area contributed by atoms with Crippen molar-refractivity contribution in [3.8, 4) is 5.75 Å². The molecule has 1 aromatic rings. The van der Waals surface area contributed by atoms with Gasteiger partial charge in [0.25, 0.3) is 0 Å². The molecule has 0 aromatic heterocycles. The Bertz CT molecular complexity index is 686. The highest BCUT2D eigenvalue weighted by Crippen LogP contribution is 2.41. The number of esters is 2. The van der Waals surface area contributed by atoms with E-state index in [-0.39, 0.29) is 6.61 Å². The third-order valence-corrected chi connectivity index (χ3v) is 5.53. The van der Waals surface area contributed by atoms with E-state index >= 15 is 0 Å². The van der Waals surface area contributed by atoms with E-state index in [2.05, 4.69) is 6.92 Å². The van der Waals surface area contributed by atoms with Gasteiger partial charge in [0.1, 0.15) is 17.9 Å². The second kappa shape index (κ2) is 12.6. The van der Waals surface area contributed by atoms with Crippen molar-refractivity contribution >= 4 is 11.9 Å².